The molecular weight excluding hydrogens is 505 g/mol. The quantitative estimate of drug-likeness (QED) is 0.460. The van der Waals surface area contributed by atoms with Crippen molar-refractivity contribution in [3.05, 3.63) is 59.8 Å². The summed E-state index contributed by atoms with van der Waals surface area (Å²) >= 11 is 0. The molecule has 37 heavy (non-hydrogen) atoms. The second-order valence-corrected chi connectivity index (χ2v) is 10.5. The normalized spacial score (nSPS) is 15.0. The van der Waals surface area contributed by atoms with Gasteiger partial charge >= 0.3 is 0 Å². The molecule has 1 aliphatic heterocycles. The van der Waals surface area contributed by atoms with Crippen LogP contribution in [-0.4, -0.2) is 56.5 Å². The molecule has 2 heterocycles. The number of carbonyl (C=O) groups excluding carboxylic acids is 1. The Morgan fingerprint density at radius 3 is 2.68 bits per heavy atom. The minimum absolute atomic E-state index is 0.00549. The Morgan fingerprint density at radius 2 is 1.95 bits per heavy atom. The second kappa shape index (κ2) is 11.1. The third-order valence-corrected chi connectivity index (χ3v) is 7.09. The zero-order chi connectivity index (χ0) is 26.6. The predicted octanol–water partition coefficient (Wildman–Crippen LogP) is 3.94. The number of halogens is 1. The smallest absolute Gasteiger partial charge is 0.257 e. The number of sulfone groups is 1. The number of nitrogens with zero attached hydrogens (tertiary/aromatic N) is 2. The summed E-state index contributed by atoms with van der Waals surface area (Å²) in [4.78, 5) is 21.0. The predicted molar refractivity (Wildman–Crippen MR) is 132 cm³/mol. The molecule has 1 N–H and O–H groups in total. The van der Waals surface area contributed by atoms with Crippen LogP contribution >= 0.6 is 0 Å². The Labute approximate surface area is 213 Å². The maximum Gasteiger partial charge on any atom is 0.257 e. The standard InChI is InChI=1S/C25H26FN3O7S/c1-15-12-28-24(13-27-15)29-25(30)17-7-18(35-16(2)14-33-3)9-19(8-17)36-21-11-22-23(10-20(21)26)37(31,32)6-4-5-34-22/h7-13,16H,4-6,14H2,1-3H3,(H,28,29,30)/t16-/m0/s1. The van der Waals surface area contributed by atoms with Gasteiger partial charge in [-0.15, -0.1) is 0 Å². The van der Waals surface area contributed by atoms with Crippen LogP contribution in [0.2, 0.25) is 0 Å². The number of rotatable bonds is 8. The fourth-order valence-corrected chi connectivity index (χ4v) is 5.02. The van der Waals surface area contributed by atoms with Gasteiger partial charge in [-0.2, -0.15) is 0 Å². The van der Waals surface area contributed by atoms with E-state index in [9.17, 15) is 17.6 Å². The van der Waals surface area contributed by atoms with Crippen LogP contribution in [0.15, 0.2) is 47.6 Å². The lowest BCUT2D eigenvalue weighted by molar-refractivity contribution is 0.0915. The number of amides is 1. The molecule has 0 aliphatic carbocycles. The van der Waals surface area contributed by atoms with Crippen LogP contribution in [0.5, 0.6) is 23.0 Å². The van der Waals surface area contributed by atoms with Crippen molar-refractivity contribution in [2.45, 2.75) is 31.3 Å². The molecule has 3 aromatic rings. The van der Waals surface area contributed by atoms with Gasteiger partial charge in [-0.1, -0.05) is 0 Å². The van der Waals surface area contributed by atoms with Crippen molar-refractivity contribution in [3.8, 4) is 23.0 Å². The molecule has 10 nitrogen and oxygen atoms in total. The summed E-state index contributed by atoms with van der Waals surface area (Å²) in [6.07, 6.45) is 2.86. The van der Waals surface area contributed by atoms with Crippen molar-refractivity contribution >= 4 is 21.6 Å². The highest BCUT2D eigenvalue weighted by atomic mass is 32.2. The number of ether oxygens (including phenoxy) is 4. The molecule has 4 rings (SSSR count). The minimum Gasteiger partial charge on any atom is -0.492 e. The van der Waals surface area contributed by atoms with Gasteiger partial charge in [0.25, 0.3) is 5.91 Å². The fourth-order valence-electron chi connectivity index (χ4n) is 3.59. The van der Waals surface area contributed by atoms with Gasteiger partial charge in [0.2, 0.25) is 0 Å². The molecule has 1 aromatic heterocycles. The highest BCUT2D eigenvalue weighted by molar-refractivity contribution is 7.91. The number of anilines is 1. The van der Waals surface area contributed by atoms with Crippen molar-refractivity contribution in [1.82, 2.24) is 9.97 Å². The Morgan fingerprint density at radius 1 is 1.16 bits per heavy atom. The third-order valence-electron chi connectivity index (χ3n) is 5.28. The number of methoxy groups -OCH3 is 1. The number of carbonyl (C=O) groups is 1. The van der Waals surface area contributed by atoms with Crippen LogP contribution in [0, 0.1) is 12.7 Å². The van der Waals surface area contributed by atoms with E-state index < -0.39 is 21.6 Å². The van der Waals surface area contributed by atoms with Gasteiger partial charge in [-0.25, -0.2) is 17.8 Å². The molecule has 2 aromatic carbocycles. The Balaban J connectivity index is 1.67. The maximum absolute atomic E-state index is 14.9. The number of aryl methyl sites for hydroxylation is 1. The van der Waals surface area contributed by atoms with E-state index in [0.29, 0.717) is 5.69 Å². The van der Waals surface area contributed by atoms with Gasteiger partial charge in [-0.05, 0) is 32.4 Å². The zero-order valence-electron chi connectivity index (χ0n) is 20.5. The van der Waals surface area contributed by atoms with Crippen molar-refractivity contribution < 1.29 is 36.6 Å². The van der Waals surface area contributed by atoms with Crippen LogP contribution in [0.1, 0.15) is 29.4 Å². The molecule has 0 spiro atoms. The average molecular weight is 532 g/mol. The number of hydrogen-bond donors (Lipinski definition) is 1. The number of aromatic nitrogens is 2. The Bertz CT molecular complexity index is 1400. The second-order valence-electron chi connectivity index (χ2n) is 8.43. The van der Waals surface area contributed by atoms with Gasteiger partial charge in [0, 0.05) is 30.9 Å². The van der Waals surface area contributed by atoms with E-state index in [-0.39, 0.29) is 70.8 Å². The molecule has 0 saturated heterocycles. The van der Waals surface area contributed by atoms with Crippen molar-refractivity contribution in [2.24, 2.45) is 0 Å². The van der Waals surface area contributed by atoms with E-state index in [2.05, 4.69) is 15.3 Å². The van der Waals surface area contributed by atoms with E-state index in [0.717, 1.165) is 6.07 Å². The lowest BCUT2D eigenvalue weighted by atomic mass is 10.2. The van der Waals surface area contributed by atoms with Gasteiger partial charge in [0.1, 0.15) is 28.2 Å². The van der Waals surface area contributed by atoms with Crippen LogP contribution in [0.4, 0.5) is 10.2 Å². The molecule has 196 valence electrons. The van der Waals surface area contributed by atoms with Crippen molar-refractivity contribution in [3.63, 3.8) is 0 Å². The summed E-state index contributed by atoms with van der Waals surface area (Å²) < 4.78 is 62.0. The van der Waals surface area contributed by atoms with E-state index in [1.54, 1.807) is 13.8 Å². The Kier molecular flexibility index (Phi) is 7.89. The van der Waals surface area contributed by atoms with Crippen LogP contribution in [0.25, 0.3) is 0 Å². The summed E-state index contributed by atoms with van der Waals surface area (Å²) in [5.41, 5.74) is 0.837. The monoisotopic (exact) mass is 531 g/mol. The topological polar surface area (TPSA) is 126 Å². The third kappa shape index (κ3) is 6.52. The molecule has 0 bridgehead atoms. The first-order chi connectivity index (χ1) is 17.6. The summed E-state index contributed by atoms with van der Waals surface area (Å²) in [5, 5.41) is 2.64. The largest absolute Gasteiger partial charge is 0.492 e. The molecule has 1 amide bonds. The molecule has 0 fully saturated rings. The van der Waals surface area contributed by atoms with E-state index in [4.69, 9.17) is 18.9 Å². The highest BCUT2D eigenvalue weighted by Gasteiger charge is 2.26. The Hall–Kier alpha value is -3.77. The number of benzene rings is 2. The van der Waals surface area contributed by atoms with E-state index in [1.807, 2.05) is 0 Å². The molecule has 0 unspecified atom stereocenters. The minimum atomic E-state index is -3.68. The summed E-state index contributed by atoms with van der Waals surface area (Å²) in [5.74, 6) is -1.22. The zero-order valence-corrected chi connectivity index (χ0v) is 21.3. The first-order valence-corrected chi connectivity index (χ1v) is 13.1. The van der Waals surface area contributed by atoms with Gasteiger partial charge in [0.15, 0.2) is 27.2 Å². The highest BCUT2D eigenvalue weighted by Crippen LogP contribution is 2.37. The number of nitrogens with one attached hydrogen (secondary N) is 1. The van der Waals surface area contributed by atoms with Gasteiger partial charge < -0.3 is 24.3 Å². The maximum atomic E-state index is 14.9. The lowest BCUT2D eigenvalue weighted by Crippen LogP contribution is -2.19. The summed E-state index contributed by atoms with van der Waals surface area (Å²) in [6, 6.07) is 6.45. The van der Waals surface area contributed by atoms with Gasteiger partial charge in [-0.3, -0.25) is 9.78 Å². The van der Waals surface area contributed by atoms with Crippen LogP contribution in [-0.2, 0) is 14.6 Å². The number of fused-ring (bicyclic) bond motifs is 1. The molecule has 1 atom stereocenters. The number of hydrogen-bond acceptors (Lipinski definition) is 9. The van der Waals surface area contributed by atoms with Gasteiger partial charge in [0.05, 0.1) is 37.1 Å². The average Bonchev–Trinajstić information content (AvgIpc) is 2.98. The molecule has 0 radical (unpaired) electrons. The SMILES string of the molecule is COC[C@H](C)Oc1cc(Oc2cc3c(cc2F)S(=O)(=O)CCCO3)cc(C(=O)Nc2cnc(C)cn2)c1. The van der Waals surface area contributed by atoms with Crippen molar-refractivity contribution in [1.29, 1.82) is 0 Å². The lowest BCUT2D eigenvalue weighted by Gasteiger charge is -2.17. The first-order valence-electron chi connectivity index (χ1n) is 11.4. The van der Waals surface area contributed by atoms with Crippen LogP contribution in [0.3, 0.4) is 0 Å². The van der Waals surface area contributed by atoms with Crippen LogP contribution < -0.4 is 19.5 Å². The summed E-state index contributed by atoms with van der Waals surface area (Å²) in [7, 11) is -2.15. The molecule has 0 saturated carbocycles. The van der Waals surface area contributed by atoms with Crippen molar-refractivity contribution in [2.75, 3.05) is 31.4 Å². The first kappa shape index (κ1) is 26.3. The molecular formula is C25H26FN3O7S. The molecule has 1 aliphatic rings. The van der Waals surface area contributed by atoms with E-state index >= 15 is 0 Å². The summed E-state index contributed by atoms with van der Waals surface area (Å²) in [6.45, 7) is 4.01. The fraction of sp³-hybridized carbons (Fsp3) is 0.320. The molecule has 12 heteroatoms. The van der Waals surface area contributed by atoms with E-state index in [1.165, 1.54) is 43.8 Å².